The van der Waals surface area contributed by atoms with E-state index in [1.54, 1.807) is 0 Å². The average Bonchev–Trinajstić information content (AvgIpc) is 2.52. The first-order valence-corrected chi connectivity index (χ1v) is 10.2. The first-order chi connectivity index (χ1) is 11.2. The van der Waals surface area contributed by atoms with Crippen LogP contribution in [0.15, 0.2) is 0 Å². The summed E-state index contributed by atoms with van der Waals surface area (Å²) < 4.78 is 0. The van der Waals surface area contributed by atoms with Crippen molar-refractivity contribution >= 4 is 0 Å². The third-order valence-corrected chi connectivity index (χ3v) is 4.65. The highest BCUT2D eigenvalue weighted by Crippen LogP contribution is 2.13. The zero-order valence-electron chi connectivity index (χ0n) is 15.9. The molecule has 0 aliphatic carbocycles. The maximum absolute atomic E-state index is 9.90. The van der Waals surface area contributed by atoms with Crippen molar-refractivity contribution in [2.45, 2.75) is 103 Å². The first kappa shape index (κ1) is 22.9. The molecule has 0 aliphatic heterocycles. The number of unbranched alkanes of at least 4 members (excludes halogenated alkanes) is 12. The second-order valence-corrected chi connectivity index (χ2v) is 7.17. The van der Waals surface area contributed by atoms with Crippen molar-refractivity contribution in [1.29, 1.82) is 0 Å². The maximum atomic E-state index is 9.90. The predicted molar refractivity (Wildman–Crippen MR) is 101 cm³/mol. The fourth-order valence-corrected chi connectivity index (χ4v) is 3.11. The van der Waals surface area contributed by atoms with Gasteiger partial charge in [0, 0.05) is 13.1 Å². The molecule has 3 heteroatoms. The molecule has 0 aromatic carbocycles. The molecule has 0 aromatic heterocycles. The van der Waals surface area contributed by atoms with Gasteiger partial charge in [0.05, 0.1) is 12.7 Å². The Morgan fingerprint density at radius 2 is 1.17 bits per heavy atom. The number of hydrogen-bond acceptors (Lipinski definition) is 3. The monoisotopic (exact) mass is 329 g/mol. The van der Waals surface area contributed by atoms with Crippen molar-refractivity contribution in [1.82, 2.24) is 4.90 Å². The van der Waals surface area contributed by atoms with Crippen LogP contribution in [0.4, 0.5) is 0 Å². The van der Waals surface area contributed by atoms with Crippen LogP contribution >= 0.6 is 0 Å². The number of rotatable bonds is 18. The summed E-state index contributed by atoms with van der Waals surface area (Å²) in [6, 6.07) is 0. The SMILES string of the molecule is CCCCCCCCCCCCCCCC(O)CN(C)CCO. The minimum absolute atomic E-state index is 0.169. The zero-order valence-corrected chi connectivity index (χ0v) is 15.9. The summed E-state index contributed by atoms with van der Waals surface area (Å²) in [5.41, 5.74) is 0. The van der Waals surface area contributed by atoms with Crippen LogP contribution in [0.25, 0.3) is 0 Å². The van der Waals surface area contributed by atoms with Gasteiger partial charge in [-0.2, -0.15) is 0 Å². The van der Waals surface area contributed by atoms with Gasteiger partial charge in [0.15, 0.2) is 0 Å². The Kier molecular flexibility index (Phi) is 18.1. The number of nitrogens with zero attached hydrogens (tertiary/aromatic N) is 1. The van der Waals surface area contributed by atoms with E-state index >= 15 is 0 Å². The van der Waals surface area contributed by atoms with E-state index in [0.717, 1.165) is 12.8 Å². The highest BCUT2D eigenvalue weighted by molar-refractivity contribution is 4.61. The maximum Gasteiger partial charge on any atom is 0.0667 e. The Balaban J connectivity index is 3.15. The van der Waals surface area contributed by atoms with Crippen LogP contribution in [0.5, 0.6) is 0 Å². The first-order valence-electron chi connectivity index (χ1n) is 10.2. The summed E-state index contributed by atoms with van der Waals surface area (Å²) in [5, 5.41) is 18.7. The molecule has 0 amide bonds. The van der Waals surface area contributed by atoms with Crippen molar-refractivity contribution in [2.75, 3.05) is 26.7 Å². The standard InChI is InChI=1S/C20H43NO2/c1-3-4-5-6-7-8-9-10-11-12-13-14-15-16-20(23)19-21(2)17-18-22/h20,22-23H,3-19H2,1-2H3. The fourth-order valence-electron chi connectivity index (χ4n) is 3.11. The molecule has 23 heavy (non-hydrogen) atoms. The van der Waals surface area contributed by atoms with Gasteiger partial charge in [0.2, 0.25) is 0 Å². The molecule has 1 unspecified atom stereocenters. The highest BCUT2D eigenvalue weighted by atomic mass is 16.3. The van der Waals surface area contributed by atoms with Gasteiger partial charge >= 0.3 is 0 Å². The molecule has 1 atom stereocenters. The molecule has 0 fully saturated rings. The average molecular weight is 330 g/mol. The Morgan fingerprint density at radius 1 is 0.739 bits per heavy atom. The molecule has 0 heterocycles. The predicted octanol–water partition coefficient (Wildman–Crippen LogP) is 4.75. The van der Waals surface area contributed by atoms with Gasteiger partial charge in [-0.15, -0.1) is 0 Å². The Morgan fingerprint density at radius 3 is 1.61 bits per heavy atom. The number of aliphatic hydroxyl groups excluding tert-OH is 2. The summed E-state index contributed by atoms with van der Waals surface area (Å²) in [4.78, 5) is 1.99. The molecule has 0 radical (unpaired) electrons. The molecule has 0 aliphatic rings. The summed E-state index contributed by atoms with van der Waals surface area (Å²) >= 11 is 0. The zero-order chi connectivity index (χ0) is 17.2. The largest absolute Gasteiger partial charge is 0.395 e. The topological polar surface area (TPSA) is 43.7 Å². The number of hydrogen-bond donors (Lipinski definition) is 2. The molecule has 0 saturated heterocycles. The molecular formula is C20H43NO2. The van der Waals surface area contributed by atoms with Gasteiger partial charge in [-0.05, 0) is 13.5 Å². The van der Waals surface area contributed by atoms with E-state index < -0.39 is 0 Å². The normalized spacial score (nSPS) is 12.9. The Bertz CT molecular complexity index is 224. The van der Waals surface area contributed by atoms with E-state index in [9.17, 15) is 5.11 Å². The van der Waals surface area contributed by atoms with Crippen molar-refractivity contribution < 1.29 is 10.2 Å². The van der Waals surface area contributed by atoms with Crippen molar-refractivity contribution in [3.05, 3.63) is 0 Å². The van der Waals surface area contributed by atoms with Crippen molar-refractivity contribution in [3.63, 3.8) is 0 Å². The smallest absolute Gasteiger partial charge is 0.0667 e. The van der Waals surface area contributed by atoms with E-state index in [1.165, 1.54) is 77.0 Å². The summed E-state index contributed by atoms with van der Waals surface area (Å²) in [5.74, 6) is 0. The second-order valence-electron chi connectivity index (χ2n) is 7.17. The van der Waals surface area contributed by atoms with E-state index in [1.807, 2.05) is 11.9 Å². The van der Waals surface area contributed by atoms with Crippen LogP contribution < -0.4 is 0 Å². The van der Waals surface area contributed by atoms with Gasteiger partial charge < -0.3 is 15.1 Å². The minimum atomic E-state index is -0.237. The van der Waals surface area contributed by atoms with E-state index in [2.05, 4.69) is 6.92 Å². The third-order valence-electron chi connectivity index (χ3n) is 4.65. The van der Waals surface area contributed by atoms with Gasteiger partial charge in [-0.25, -0.2) is 0 Å². The van der Waals surface area contributed by atoms with E-state index in [0.29, 0.717) is 13.1 Å². The quantitative estimate of drug-likeness (QED) is 0.357. The summed E-state index contributed by atoms with van der Waals surface area (Å²) in [6.45, 7) is 3.77. The molecule has 2 N–H and O–H groups in total. The Hall–Kier alpha value is -0.120. The molecular weight excluding hydrogens is 286 g/mol. The summed E-state index contributed by atoms with van der Waals surface area (Å²) in [7, 11) is 1.95. The Labute approximate surface area is 145 Å². The van der Waals surface area contributed by atoms with Crippen LogP contribution in [0.2, 0.25) is 0 Å². The second kappa shape index (κ2) is 18.2. The summed E-state index contributed by atoms with van der Waals surface area (Å²) in [6.07, 6.45) is 18.4. The van der Waals surface area contributed by atoms with E-state index in [-0.39, 0.29) is 12.7 Å². The molecule has 0 aromatic rings. The van der Waals surface area contributed by atoms with Crippen LogP contribution in [-0.2, 0) is 0 Å². The fraction of sp³-hybridized carbons (Fsp3) is 1.00. The lowest BCUT2D eigenvalue weighted by Gasteiger charge is -2.19. The lowest BCUT2D eigenvalue weighted by Crippen LogP contribution is -2.31. The van der Waals surface area contributed by atoms with Crippen LogP contribution in [-0.4, -0.2) is 48.0 Å². The molecule has 0 bridgehead atoms. The highest BCUT2D eigenvalue weighted by Gasteiger charge is 2.07. The van der Waals surface area contributed by atoms with E-state index in [4.69, 9.17) is 5.11 Å². The van der Waals surface area contributed by atoms with Gasteiger partial charge in [0.25, 0.3) is 0 Å². The van der Waals surface area contributed by atoms with Gasteiger partial charge in [0.1, 0.15) is 0 Å². The minimum Gasteiger partial charge on any atom is -0.395 e. The van der Waals surface area contributed by atoms with Crippen LogP contribution in [0, 0.1) is 0 Å². The molecule has 0 saturated carbocycles. The van der Waals surface area contributed by atoms with Crippen LogP contribution in [0.3, 0.4) is 0 Å². The lowest BCUT2D eigenvalue weighted by molar-refractivity contribution is 0.105. The molecule has 3 nitrogen and oxygen atoms in total. The van der Waals surface area contributed by atoms with Crippen molar-refractivity contribution in [2.24, 2.45) is 0 Å². The number of aliphatic hydroxyl groups is 2. The number of likely N-dealkylation sites (N-methyl/N-ethyl adjacent to an activating group) is 1. The molecule has 0 rings (SSSR count). The van der Waals surface area contributed by atoms with Gasteiger partial charge in [-0.1, -0.05) is 90.4 Å². The molecule has 0 spiro atoms. The van der Waals surface area contributed by atoms with Crippen molar-refractivity contribution in [3.8, 4) is 0 Å². The third kappa shape index (κ3) is 18.1. The molecule has 140 valence electrons. The van der Waals surface area contributed by atoms with Crippen LogP contribution in [0.1, 0.15) is 96.8 Å². The lowest BCUT2D eigenvalue weighted by atomic mass is 10.0. The van der Waals surface area contributed by atoms with Gasteiger partial charge in [-0.3, -0.25) is 0 Å².